The normalized spacial score (nSPS) is 14.3. The zero-order chi connectivity index (χ0) is 21.8. The lowest BCUT2D eigenvalue weighted by Crippen LogP contribution is -2.37. The number of nitrogens with one attached hydrogen (secondary N) is 2. The zero-order valence-corrected chi connectivity index (χ0v) is 18.3. The molecule has 31 heavy (non-hydrogen) atoms. The lowest BCUT2D eigenvalue weighted by atomic mass is 10.2. The van der Waals surface area contributed by atoms with Crippen LogP contribution < -0.4 is 15.5 Å². The van der Waals surface area contributed by atoms with Gasteiger partial charge in [-0.25, -0.2) is 14.3 Å². The zero-order valence-electron chi connectivity index (χ0n) is 18.3. The first kappa shape index (κ1) is 21.1. The number of aromatic nitrogens is 3. The summed E-state index contributed by atoms with van der Waals surface area (Å²) in [5, 5.41) is 10.3. The SMILES string of the molecule is CCNC(=O)Nc1ccc(-c2nc(N3CCOCC3)c3cc(CN(C)C)cn3n2)cc1. The van der Waals surface area contributed by atoms with Gasteiger partial charge in [-0.15, -0.1) is 5.10 Å². The highest BCUT2D eigenvalue weighted by molar-refractivity contribution is 5.89. The van der Waals surface area contributed by atoms with Crippen molar-refractivity contribution in [1.29, 1.82) is 0 Å². The molecule has 1 aliphatic rings. The van der Waals surface area contributed by atoms with Crippen molar-refractivity contribution < 1.29 is 9.53 Å². The molecule has 1 aromatic carbocycles. The predicted octanol–water partition coefficient (Wildman–Crippen LogP) is 2.44. The van der Waals surface area contributed by atoms with E-state index >= 15 is 0 Å². The number of ether oxygens (including phenoxy) is 1. The second kappa shape index (κ2) is 9.32. The van der Waals surface area contributed by atoms with Gasteiger partial charge in [0.1, 0.15) is 5.52 Å². The quantitative estimate of drug-likeness (QED) is 0.633. The molecule has 9 heteroatoms. The maximum atomic E-state index is 11.7. The summed E-state index contributed by atoms with van der Waals surface area (Å²) in [4.78, 5) is 21.1. The number of carbonyl (C=O) groups excluding carboxylic acids is 1. The molecule has 1 saturated heterocycles. The largest absolute Gasteiger partial charge is 0.378 e. The van der Waals surface area contributed by atoms with Crippen molar-refractivity contribution in [3.8, 4) is 11.4 Å². The van der Waals surface area contributed by atoms with E-state index in [1.807, 2.05) is 35.7 Å². The number of benzene rings is 1. The monoisotopic (exact) mass is 423 g/mol. The summed E-state index contributed by atoms with van der Waals surface area (Å²) < 4.78 is 7.45. The fourth-order valence-electron chi connectivity index (χ4n) is 3.66. The van der Waals surface area contributed by atoms with Crippen LogP contribution in [-0.2, 0) is 11.3 Å². The van der Waals surface area contributed by atoms with Gasteiger partial charge in [-0.3, -0.25) is 0 Å². The first-order valence-corrected chi connectivity index (χ1v) is 10.6. The Balaban J connectivity index is 1.69. The third-order valence-electron chi connectivity index (χ3n) is 5.05. The predicted molar refractivity (Wildman–Crippen MR) is 122 cm³/mol. The Morgan fingerprint density at radius 2 is 1.94 bits per heavy atom. The van der Waals surface area contributed by atoms with Crippen LogP contribution in [-0.4, -0.2) is 72.5 Å². The number of morpholine rings is 1. The van der Waals surface area contributed by atoms with Gasteiger partial charge in [0.2, 0.25) is 0 Å². The average molecular weight is 424 g/mol. The maximum Gasteiger partial charge on any atom is 0.319 e. The number of amides is 2. The van der Waals surface area contributed by atoms with Crippen LogP contribution in [0.15, 0.2) is 36.5 Å². The molecule has 0 atom stereocenters. The van der Waals surface area contributed by atoms with Crippen LogP contribution in [0.5, 0.6) is 0 Å². The second-order valence-corrected chi connectivity index (χ2v) is 7.84. The van der Waals surface area contributed by atoms with Crippen LogP contribution in [0, 0.1) is 0 Å². The Hall–Kier alpha value is -3.17. The molecule has 0 unspecified atom stereocenters. The van der Waals surface area contributed by atoms with E-state index in [-0.39, 0.29) is 6.03 Å². The van der Waals surface area contributed by atoms with Crippen LogP contribution in [0.4, 0.5) is 16.3 Å². The summed E-state index contributed by atoms with van der Waals surface area (Å²) in [5.41, 5.74) is 3.80. The minimum Gasteiger partial charge on any atom is -0.378 e. The number of fused-ring (bicyclic) bond motifs is 1. The summed E-state index contributed by atoms with van der Waals surface area (Å²) in [6.07, 6.45) is 2.06. The van der Waals surface area contributed by atoms with E-state index in [0.29, 0.717) is 25.6 Å². The number of hydrogen-bond acceptors (Lipinski definition) is 6. The smallest absolute Gasteiger partial charge is 0.319 e. The van der Waals surface area contributed by atoms with Gasteiger partial charge in [0, 0.05) is 43.6 Å². The van der Waals surface area contributed by atoms with E-state index in [4.69, 9.17) is 14.8 Å². The van der Waals surface area contributed by atoms with E-state index in [9.17, 15) is 4.79 Å². The van der Waals surface area contributed by atoms with Crippen molar-refractivity contribution in [2.24, 2.45) is 0 Å². The molecule has 0 aliphatic carbocycles. The third kappa shape index (κ3) is 4.95. The third-order valence-corrected chi connectivity index (χ3v) is 5.05. The summed E-state index contributed by atoms with van der Waals surface area (Å²) in [6.45, 7) is 6.28. The first-order chi connectivity index (χ1) is 15.0. The molecule has 1 aliphatic heterocycles. The Bertz CT molecular complexity index is 1040. The number of nitrogens with zero attached hydrogens (tertiary/aromatic N) is 5. The molecule has 9 nitrogen and oxygen atoms in total. The van der Waals surface area contributed by atoms with E-state index in [1.54, 1.807) is 0 Å². The first-order valence-electron chi connectivity index (χ1n) is 10.6. The molecular weight excluding hydrogens is 394 g/mol. The van der Waals surface area contributed by atoms with Gasteiger partial charge in [0.05, 0.1) is 13.2 Å². The van der Waals surface area contributed by atoms with Gasteiger partial charge < -0.3 is 25.2 Å². The molecule has 0 saturated carbocycles. The maximum absolute atomic E-state index is 11.7. The number of urea groups is 1. The fraction of sp³-hybridized carbons (Fsp3) is 0.409. The molecule has 3 aromatic rings. The Labute approximate surface area is 182 Å². The molecule has 0 radical (unpaired) electrons. The number of carbonyl (C=O) groups is 1. The van der Waals surface area contributed by atoms with Crippen molar-refractivity contribution in [1.82, 2.24) is 24.8 Å². The van der Waals surface area contributed by atoms with Crippen molar-refractivity contribution >= 4 is 23.1 Å². The van der Waals surface area contributed by atoms with Crippen LogP contribution in [0.1, 0.15) is 12.5 Å². The summed E-state index contributed by atoms with van der Waals surface area (Å²) >= 11 is 0. The van der Waals surface area contributed by atoms with Crippen molar-refractivity contribution in [3.63, 3.8) is 0 Å². The van der Waals surface area contributed by atoms with Crippen LogP contribution in [0.3, 0.4) is 0 Å². The van der Waals surface area contributed by atoms with E-state index in [0.717, 1.165) is 42.2 Å². The Morgan fingerprint density at radius 1 is 1.19 bits per heavy atom. The molecule has 2 amide bonds. The van der Waals surface area contributed by atoms with Crippen LogP contribution in [0.2, 0.25) is 0 Å². The highest BCUT2D eigenvalue weighted by Crippen LogP contribution is 2.26. The summed E-state index contributed by atoms with van der Waals surface area (Å²) in [5.74, 6) is 1.56. The van der Waals surface area contributed by atoms with Crippen molar-refractivity contribution in [3.05, 3.63) is 42.1 Å². The fourth-order valence-corrected chi connectivity index (χ4v) is 3.66. The minimum absolute atomic E-state index is 0.219. The molecular formula is C22H29N7O2. The minimum atomic E-state index is -0.219. The van der Waals surface area contributed by atoms with Crippen molar-refractivity contribution in [2.45, 2.75) is 13.5 Å². The molecule has 1 fully saturated rings. The Morgan fingerprint density at radius 3 is 2.61 bits per heavy atom. The standard InChI is InChI=1S/C22H29N7O2/c1-4-23-22(30)24-18-7-5-17(6-8-18)20-25-21(28-9-11-31-12-10-28)19-13-16(14-27(2)3)15-29(19)26-20/h5-8,13,15H,4,9-12,14H2,1-3H3,(H2,23,24,30). The molecule has 164 valence electrons. The van der Waals surface area contributed by atoms with Gasteiger partial charge in [0.15, 0.2) is 11.6 Å². The van der Waals surface area contributed by atoms with Crippen LogP contribution >= 0.6 is 0 Å². The molecule has 4 rings (SSSR count). The Kier molecular flexibility index (Phi) is 6.34. The lowest BCUT2D eigenvalue weighted by molar-refractivity contribution is 0.122. The van der Waals surface area contributed by atoms with E-state index in [1.165, 1.54) is 5.56 Å². The topological polar surface area (TPSA) is 87.0 Å². The molecule has 0 bridgehead atoms. The van der Waals surface area contributed by atoms with Gasteiger partial charge in [-0.2, -0.15) is 0 Å². The summed E-state index contributed by atoms with van der Waals surface area (Å²) in [6, 6.07) is 9.52. The van der Waals surface area contributed by atoms with Gasteiger partial charge in [-0.05, 0) is 56.9 Å². The molecule has 2 N–H and O–H groups in total. The molecule has 3 heterocycles. The van der Waals surface area contributed by atoms with Gasteiger partial charge >= 0.3 is 6.03 Å². The van der Waals surface area contributed by atoms with Gasteiger partial charge in [0.25, 0.3) is 0 Å². The number of hydrogen-bond donors (Lipinski definition) is 2. The summed E-state index contributed by atoms with van der Waals surface area (Å²) in [7, 11) is 4.11. The van der Waals surface area contributed by atoms with E-state index < -0.39 is 0 Å². The average Bonchev–Trinajstić information content (AvgIpc) is 3.16. The molecule has 2 aromatic heterocycles. The highest BCUT2D eigenvalue weighted by Gasteiger charge is 2.19. The highest BCUT2D eigenvalue weighted by atomic mass is 16.5. The lowest BCUT2D eigenvalue weighted by Gasteiger charge is -2.28. The van der Waals surface area contributed by atoms with Crippen molar-refractivity contribution in [2.75, 3.05) is 57.2 Å². The second-order valence-electron chi connectivity index (χ2n) is 7.84. The van der Waals surface area contributed by atoms with Gasteiger partial charge in [-0.1, -0.05) is 0 Å². The number of rotatable bonds is 6. The number of anilines is 2. The van der Waals surface area contributed by atoms with Crippen LogP contribution in [0.25, 0.3) is 16.9 Å². The molecule has 0 spiro atoms. The van der Waals surface area contributed by atoms with E-state index in [2.05, 4.69) is 46.8 Å².